The third-order valence-electron chi connectivity index (χ3n) is 19.0. The van der Waals surface area contributed by atoms with Crippen LogP contribution in [0, 0.1) is 50.2 Å². The van der Waals surface area contributed by atoms with E-state index < -0.39 is 128 Å². The Balaban J connectivity index is 1.04. The van der Waals surface area contributed by atoms with Gasteiger partial charge in [-0.05, 0) is 109 Å². The molecule has 3 saturated heterocycles. The van der Waals surface area contributed by atoms with Gasteiger partial charge in [0.25, 0.3) is 0 Å². The van der Waals surface area contributed by atoms with E-state index in [9.17, 15) is 60.0 Å². The molecule has 0 spiro atoms. The summed E-state index contributed by atoms with van der Waals surface area (Å²) in [5, 5.41) is 83.0. The van der Waals surface area contributed by atoms with E-state index in [4.69, 9.17) is 37.9 Å². The second-order valence-electron chi connectivity index (χ2n) is 23.1. The molecule has 3 heterocycles. The van der Waals surface area contributed by atoms with Crippen LogP contribution in [-0.2, 0) is 57.1 Å². The van der Waals surface area contributed by atoms with E-state index in [-0.39, 0.29) is 39.4 Å². The minimum absolute atomic E-state index is 0.0829. The number of carbonyl (C=O) groups excluding carboxylic acids is 1. The predicted octanol–water partition coefficient (Wildman–Crippen LogP) is 2.33. The monoisotopic (exact) mass is 968 g/mol. The van der Waals surface area contributed by atoms with Gasteiger partial charge in [-0.1, -0.05) is 60.1 Å². The highest BCUT2D eigenvalue weighted by molar-refractivity contribution is 5.79. The lowest BCUT2D eigenvalue weighted by atomic mass is 9.33. The molecule has 5 aliphatic carbocycles. The molecule has 4 saturated carbocycles. The van der Waals surface area contributed by atoms with E-state index in [0.29, 0.717) is 25.7 Å². The Kier molecular flexibility index (Phi) is 13.4. The fraction of sp³-hybridized carbons (Fsp3) is 0.875. The Hall–Kier alpha value is -2.86. The summed E-state index contributed by atoms with van der Waals surface area (Å²) in [4.78, 5) is 51.3. The molecule has 8 N–H and O–H groups in total. The van der Waals surface area contributed by atoms with Crippen LogP contribution in [0.25, 0.3) is 0 Å². The van der Waals surface area contributed by atoms with Gasteiger partial charge >= 0.3 is 29.7 Å². The van der Waals surface area contributed by atoms with Crippen molar-refractivity contribution in [2.45, 2.75) is 192 Å². The molecular weight excluding hydrogens is 897 g/mol. The quantitative estimate of drug-likeness (QED) is 0.0837. The van der Waals surface area contributed by atoms with Crippen molar-refractivity contribution in [1.82, 2.24) is 0 Å². The van der Waals surface area contributed by atoms with Gasteiger partial charge < -0.3 is 78.7 Å². The molecule has 0 aromatic rings. The van der Waals surface area contributed by atoms with Gasteiger partial charge in [0.1, 0.15) is 49.3 Å². The maximum atomic E-state index is 14.7. The number of rotatable bonds is 11. The molecule has 20 nitrogen and oxygen atoms in total. The smallest absolute Gasteiger partial charge is 0.370 e. The lowest BCUT2D eigenvalue weighted by Crippen LogP contribution is -2.73. The molecule has 0 unspecified atom stereocenters. The van der Waals surface area contributed by atoms with Crippen molar-refractivity contribution in [2.75, 3.05) is 20.3 Å². The van der Waals surface area contributed by atoms with Gasteiger partial charge in [-0.15, -0.1) is 0 Å². The molecule has 0 radical (unpaired) electrons. The van der Waals surface area contributed by atoms with Gasteiger partial charge in [-0.2, -0.15) is 0 Å². The molecule has 68 heavy (non-hydrogen) atoms. The number of ether oxygens (including phenoxy) is 8. The molecular formula is C48H72O20. The molecule has 0 aromatic carbocycles. The molecule has 8 rings (SSSR count). The van der Waals surface area contributed by atoms with Gasteiger partial charge in [0.2, 0.25) is 12.6 Å². The number of aliphatic carboxylic acids is 3. The van der Waals surface area contributed by atoms with Crippen LogP contribution in [-0.4, -0.2) is 165 Å². The van der Waals surface area contributed by atoms with Crippen molar-refractivity contribution in [3.8, 4) is 0 Å². The average Bonchev–Trinajstić information content (AvgIpc) is 3.27. The normalized spacial score (nSPS) is 49.3. The zero-order valence-electron chi connectivity index (χ0n) is 40.2. The van der Waals surface area contributed by atoms with Gasteiger partial charge in [0.15, 0.2) is 12.4 Å². The fourth-order valence-electron chi connectivity index (χ4n) is 15.0. The summed E-state index contributed by atoms with van der Waals surface area (Å²) < 4.78 is 46.1. The first-order valence-electron chi connectivity index (χ1n) is 24.1. The number of hydrogen-bond acceptors (Lipinski definition) is 17. The van der Waals surface area contributed by atoms with Crippen LogP contribution in [0.15, 0.2) is 11.6 Å². The first-order valence-corrected chi connectivity index (χ1v) is 24.1. The summed E-state index contributed by atoms with van der Waals surface area (Å²) in [5.74, 6) is -7.96. The van der Waals surface area contributed by atoms with Gasteiger partial charge in [-0.3, -0.25) is 4.79 Å². The van der Waals surface area contributed by atoms with Crippen LogP contribution >= 0.6 is 0 Å². The number of carboxylic acids is 3. The van der Waals surface area contributed by atoms with Crippen LogP contribution in [0.2, 0.25) is 0 Å². The average molecular weight is 969 g/mol. The van der Waals surface area contributed by atoms with Gasteiger partial charge in [0.05, 0.1) is 18.1 Å². The summed E-state index contributed by atoms with van der Waals surface area (Å²) in [6, 6.07) is 0. The second-order valence-corrected chi connectivity index (χ2v) is 23.1. The Labute approximate surface area is 395 Å². The number of hydrogen-bond donors (Lipinski definition) is 8. The highest BCUT2D eigenvalue weighted by Crippen LogP contribution is 2.76. The van der Waals surface area contributed by atoms with Crippen molar-refractivity contribution in [2.24, 2.45) is 50.2 Å². The number of fused-ring (bicyclic) bond motifs is 8. The van der Waals surface area contributed by atoms with Crippen molar-refractivity contribution in [1.29, 1.82) is 0 Å². The Morgan fingerprint density at radius 3 is 2.09 bits per heavy atom. The number of methoxy groups -OCH3 is 1. The Bertz CT molecular complexity index is 2010. The van der Waals surface area contributed by atoms with Crippen molar-refractivity contribution in [3.05, 3.63) is 11.6 Å². The van der Waals surface area contributed by atoms with Crippen LogP contribution in [0.3, 0.4) is 0 Å². The molecule has 7 fully saturated rings. The number of aliphatic hydroxyl groups excluding tert-OH is 5. The van der Waals surface area contributed by atoms with Gasteiger partial charge in [-0.25, -0.2) is 14.4 Å². The fourth-order valence-corrected chi connectivity index (χ4v) is 15.0. The number of esters is 1. The number of carboxylic acid groups (broad SMARTS) is 3. The number of allylic oxidation sites excluding steroid dienone is 2. The van der Waals surface area contributed by atoms with Crippen LogP contribution in [0.1, 0.15) is 113 Å². The SMILES string of the molecule is CO[C@@]1(C(=O)O)O[C@H]2[C@H](O[C@@H]1OCC(=O)O)[C@@H](O)[C@H](O[C@H]1CC[C@]3(C)[C@H]4CC=C5[C@@H]6CC(C)(C)CC[C@]6(C(=O)O[C@@H]6O[C@H](CO)[C@@H](O)[C@H](O)[C@H]6O)CC[C@@]5(C)[C@]4(C)CC[C@H]3C1(C)C)O[C@@H]2C(=O)O. The molecule has 0 bridgehead atoms. The molecule has 0 aromatic heterocycles. The predicted molar refractivity (Wildman–Crippen MR) is 231 cm³/mol. The highest BCUT2D eigenvalue weighted by atomic mass is 16.8. The van der Waals surface area contributed by atoms with Crippen molar-refractivity contribution < 1.29 is 97.9 Å². The minimum atomic E-state index is -2.80. The first-order chi connectivity index (χ1) is 31.7. The summed E-state index contributed by atoms with van der Waals surface area (Å²) in [5.41, 5.74) is -1.00. The molecule has 20 heteroatoms. The van der Waals surface area contributed by atoms with Crippen LogP contribution < -0.4 is 0 Å². The minimum Gasteiger partial charge on any atom is -0.480 e. The zero-order valence-corrected chi connectivity index (χ0v) is 40.2. The number of carbonyl (C=O) groups is 4. The highest BCUT2D eigenvalue weighted by Gasteiger charge is 2.71. The van der Waals surface area contributed by atoms with E-state index in [2.05, 4.69) is 54.5 Å². The molecule has 20 atom stereocenters. The van der Waals surface area contributed by atoms with Gasteiger partial charge in [0, 0.05) is 7.11 Å². The van der Waals surface area contributed by atoms with Crippen molar-refractivity contribution >= 4 is 23.9 Å². The Morgan fingerprint density at radius 1 is 0.765 bits per heavy atom. The maximum absolute atomic E-state index is 14.7. The Morgan fingerprint density at radius 2 is 1.46 bits per heavy atom. The lowest BCUT2D eigenvalue weighted by molar-refractivity contribution is -0.438. The third-order valence-corrected chi connectivity index (χ3v) is 19.0. The molecule has 8 aliphatic rings. The first kappa shape index (κ1) is 51.5. The zero-order chi connectivity index (χ0) is 49.9. The standard InChI is InChI=1S/C48H72O20/c1-42(2)15-17-47(40(60)67-37-31(54)30(53)29(52)24(20-49)63-37)18-16-45(6)22(23(47)19-42)9-10-26-44(5)13-12-27(43(3,4)25(44)11-14-46(26,45)7)64-38-32(55)33-34(35(65-38)36(56)57)68-48(61-8,39(58)59)41(66-33)62-21-28(50)51/h9,23-27,29-35,37-38,41,49,52-55H,10-21H2,1-8H3,(H,50,51)(H,56,57)(H,58,59)/t23-,24+,25-,26+,27-,29+,30-,31+,32+,33+,34-,35-,37-,38+,41-,44-,45+,46+,47-,48-/m0/s1. The van der Waals surface area contributed by atoms with Crippen molar-refractivity contribution in [3.63, 3.8) is 0 Å². The molecule has 0 amide bonds. The summed E-state index contributed by atoms with van der Waals surface area (Å²) in [6.45, 7) is 14.2. The van der Waals surface area contributed by atoms with Crippen LogP contribution in [0.4, 0.5) is 0 Å². The largest absolute Gasteiger partial charge is 0.480 e. The third kappa shape index (κ3) is 7.77. The molecule has 3 aliphatic heterocycles. The van der Waals surface area contributed by atoms with E-state index >= 15 is 0 Å². The molecule has 384 valence electrons. The number of aliphatic hydroxyl groups is 5. The lowest BCUT2D eigenvalue weighted by Gasteiger charge is -2.71. The topological polar surface area (TPSA) is 304 Å². The van der Waals surface area contributed by atoms with E-state index in [1.807, 2.05) is 0 Å². The van der Waals surface area contributed by atoms with E-state index in [0.717, 1.165) is 45.6 Å². The van der Waals surface area contributed by atoms with Crippen LogP contribution in [0.5, 0.6) is 0 Å². The second kappa shape index (κ2) is 17.7. The maximum Gasteiger partial charge on any atom is 0.370 e. The summed E-state index contributed by atoms with van der Waals surface area (Å²) in [6.07, 6.45) is -9.44. The summed E-state index contributed by atoms with van der Waals surface area (Å²) >= 11 is 0. The summed E-state index contributed by atoms with van der Waals surface area (Å²) in [7, 11) is 0.945. The van der Waals surface area contributed by atoms with E-state index in [1.165, 1.54) is 5.57 Å². The van der Waals surface area contributed by atoms with E-state index in [1.54, 1.807) is 0 Å².